The molecule has 2 aromatic carbocycles. The number of nitrogens with zero attached hydrogens (tertiary/aromatic N) is 2. The van der Waals surface area contributed by atoms with Gasteiger partial charge in [-0.1, -0.05) is 59.2 Å². The van der Waals surface area contributed by atoms with Crippen molar-refractivity contribution in [2.75, 3.05) is 6.54 Å². The molecule has 1 N–H and O–H groups in total. The highest BCUT2D eigenvalue weighted by Gasteiger charge is 2.10. The third kappa shape index (κ3) is 5.16. The van der Waals surface area contributed by atoms with E-state index in [0.717, 1.165) is 17.5 Å². The monoisotopic (exact) mass is 355 g/mol. The molecule has 5 nitrogen and oxygen atoms in total. The molecule has 25 heavy (non-hydrogen) atoms. The first-order chi connectivity index (χ1) is 12.2. The lowest BCUT2D eigenvalue weighted by molar-refractivity contribution is -0.121. The molecule has 0 unspecified atom stereocenters. The van der Waals surface area contributed by atoms with Gasteiger partial charge in [0.25, 0.3) is 0 Å². The van der Waals surface area contributed by atoms with E-state index in [0.29, 0.717) is 36.1 Å². The van der Waals surface area contributed by atoms with Crippen LogP contribution in [-0.4, -0.2) is 22.6 Å². The molecule has 128 valence electrons. The van der Waals surface area contributed by atoms with Gasteiger partial charge < -0.3 is 9.84 Å². The number of carbonyl (C=O) groups excluding carboxylic acids is 1. The van der Waals surface area contributed by atoms with E-state index < -0.39 is 0 Å². The highest BCUT2D eigenvalue weighted by Crippen LogP contribution is 2.15. The summed E-state index contributed by atoms with van der Waals surface area (Å²) in [6, 6.07) is 17.2. The van der Waals surface area contributed by atoms with E-state index in [1.54, 1.807) is 0 Å². The minimum Gasteiger partial charge on any atom is -0.356 e. The summed E-state index contributed by atoms with van der Waals surface area (Å²) in [5, 5.41) is 7.53. The van der Waals surface area contributed by atoms with Crippen LogP contribution < -0.4 is 5.32 Å². The van der Waals surface area contributed by atoms with Gasteiger partial charge in [0.15, 0.2) is 0 Å². The molecular formula is C19H18ClN3O2. The molecular weight excluding hydrogens is 338 g/mol. The fraction of sp³-hybridized carbons (Fsp3) is 0.211. The number of aryl methyl sites for hydroxylation is 1. The quantitative estimate of drug-likeness (QED) is 0.702. The van der Waals surface area contributed by atoms with Crippen LogP contribution >= 0.6 is 11.6 Å². The predicted octanol–water partition coefficient (Wildman–Crippen LogP) is 3.68. The molecule has 0 atom stereocenters. The second-order valence-electron chi connectivity index (χ2n) is 5.61. The van der Waals surface area contributed by atoms with Crippen LogP contribution in [0.2, 0.25) is 5.02 Å². The maximum atomic E-state index is 11.9. The average molecular weight is 356 g/mol. The van der Waals surface area contributed by atoms with E-state index in [-0.39, 0.29) is 5.91 Å². The average Bonchev–Trinajstić information content (AvgIpc) is 3.10. The lowest BCUT2D eigenvalue weighted by atomic mass is 10.1. The van der Waals surface area contributed by atoms with Crippen molar-refractivity contribution in [3.63, 3.8) is 0 Å². The van der Waals surface area contributed by atoms with Crippen LogP contribution in [0.5, 0.6) is 0 Å². The van der Waals surface area contributed by atoms with Gasteiger partial charge in [0, 0.05) is 30.0 Å². The van der Waals surface area contributed by atoms with Crippen LogP contribution in [0.25, 0.3) is 11.4 Å². The van der Waals surface area contributed by atoms with Gasteiger partial charge in [-0.3, -0.25) is 4.79 Å². The van der Waals surface area contributed by atoms with E-state index >= 15 is 0 Å². The number of rotatable bonds is 7. The normalized spacial score (nSPS) is 10.6. The molecule has 1 aromatic heterocycles. The first-order valence-corrected chi connectivity index (χ1v) is 8.47. The number of nitrogens with one attached hydrogen (secondary N) is 1. The molecule has 0 aliphatic rings. The SMILES string of the molecule is O=C(CCc1nc(-c2ccccc2)no1)NCCc1cccc(Cl)c1. The number of amides is 1. The molecule has 3 aromatic rings. The van der Waals surface area contributed by atoms with Crippen molar-refractivity contribution in [1.29, 1.82) is 0 Å². The molecule has 0 saturated heterocycles. The molecule has 0 saturated carbocycles. The third-order valence-corrected chi connectivity index (χ3v) is 3.93. The highest BCUT2D eigenvalue weighted by atomic mass is 35.5. The van der Waals surface area contributed by atoms with Crippen LogP contribution in [0, 0.1) is 0 Å². The molecule has 3 rings (SSSR count). The Morgan fingerprint density at radius 1 is 1.08 bits per heavy atom. The summed E-state index contributed by atoms with van der Waals surface area (Å²) < 4.78 is 5.20. The molecule has 0 aliphatic heterocycles. The fourth-order valence-electron chi connectivity index (χ4n) is 2.41. The molecule has 0 fully saturated rings. The highest BCUT2D eigenvalue weighted by molar-refractivity contribution is 6.30. The second kappa shape index (κ2) is 8.44. The maximum absolute atomic E-state index is 11.9. The van der Waals surface area contributed by atoms with Crippen LogP contribution in [0.3, 0.4) is 0 Å². The Hall–Kier alpha value is -2.66. The van der Waals surface area contributed by atoms with Gasteiger partial charge in [-0.25, -0.2) is 0 Å². The van der Waals surface area contributed by atoms with E-state index in [1.807, 2.05) is 54.6 Å². The van der Waals surface area contributed by atoms with Crippen molar-refractivity contribution in [3.05, 3.63) is 71.1 Å². The second-order valence-corrected chi connectivity index (χ2v) is 6.04. The molecule has 1 heterocycles. The Labute approximate surface area is 151 Å². The smallest absolute Gasteiger partial charge is 0.227 e. The lowest BCUT2D eigenvalue weighted by Gasteiger charge is -2.04. The van der Waals surface area contributed by atoms with Gasteiger partial charge in [-0.05, 0) is 24.1 Å². The van der Waals surface area contributed by atoms with Crippen molar-refractivity contribution in [2.45, 2.75) is 19.3 Å². The van der Waals surface area contributed by atoms with E-state index in [1.165, 1.54) is 0 Å². The Morgan fingerprint density at radius 2 is 1.92 bits per heavy atom. The van der Waals surface area contributed by atoms with Crippen molar-refractivity contribution < 1.29 is 9.32 Å². The third-order valence-electron chi connectivity index (χ3n) is 3.69. The van der Waals surface area contributed by atoms with Crippen molar-refractivity contribution in [2.24, 2.45) is 0 Å². The molecule has 0 radical (unpaired) electrons. The zero-order chi connectivity index (χ0) is 17.5. The number of benzene rings is 2. The molecule has 6 heteroatoms. The van der Waals surface area contributed by atoms with Crippen molar-refractivity contribution in [3.8, 4) is 11.4 Å². The van der Waals surface area contributed by atoms with Gasteiger partial charge in [-0.2, -0.15) is 4.98 Å². The Kier molecular flexibility index (Phi) is 5.80. The first-order valence-electron chi connectivity index (χ1n) is 8.10. The molecule has 0 spiro atoms. The fourth-order valence-corrected chi connectivity index (χ4v) is 2.62. The minimum absolute atomic E-state index is 0.0403. The van der Waals surface area contributed by atoms with Crippen LogP contribution in [-0.2, 0) is 17.6 Å². The minimum atomic E-state index is -0.0403. The number of carbonyl (C=O) groups is 1. The summed E-state index contributed by atoms with van der Waals surface area (Å²) >= 11 is 5.94. The summed E-state index contributed by atoms with van der Waals surface area (Å²) in [6.07, 6.45) is 1.47. The summed E-state index contributed by atoms with van der Waals surface area (Å²) in [4.78, 5) is 16.2. The summed E-state index contributed by atoms with van der Waals surface area (Å²) in [7, 11) is 0. The zero-order valence-corrected chi connectivity index (χ0v) is 14.4. The predicted molar refractivity (Wildman–Crippen MR) is 96.2 cm³/mol. The Balaban J connectivity index is 1.43. The Bertz CT molecular complexity index is 833. The topological polar surface area (TPSA) is 68.0 Å². The lowest BCUT2D eigenvalue weighted by Crippen LogP contribution is -2.25. The maximum Gasteiger partial charge on any atom is 0.227 e. The summed E-state index contributed by atoms with van der Waals surface area (Å²) in [6.45, 7) is 0.568. The number of aromatic nitrogens is 2. The van der Waals surface area contributed by atoms with Crippen molar-refractivity contribution >= 4 is 17.5 Å². The van der Waals surface area contributed by atoms with Gasteiger partial charge >= 0.3 is 0 Å². The molecule has 0 aliphatic carbocycles. The van der Waals surface area contributed by atoms with Gasteiger partial charge in [0.2, 0.25) is 17.6 Å². The van der Waals surface area contributed by atoms with E-state index in [4.69, 9.17) is 16.1 Å². The van der Waals surface area contributed by atoms with E-state index in [9.17, 15) is 4.79 Å². The number of hydrogen-bond acceptors (Lipinski definition) is 4. The van der Waals surface area contributed by atoms with Gasteiger partial charge in [-0.15, -0.1) is 0 Å². The Morgan fingerprint density at radius 3 is 2.72 bits per heavy atom. The van der Waals surface area contributed by atoms with Gasteiger partial charge in [0.05, 0.1) is 0 Å². The zero-order valence-electron chi connectivity index (χ0n) is 13.6. The first kappa shape index (κ1) is 17.2. The molecule has 1 amide bonds. The van der Waals surface area contributed by atoms with E-state index in [2.05, 4.69) is 15.5 Å². The van der Waals surface area contributed by atoms with Gasteiger partial charge in [0.1, 0.15) is 0 Å². The largest absolute Gasteiger partial charge is 0.356 e. The number of hydrogen-bond donors (Lipinski definition) is 1. The standard InChI is InChI=1S/C19H18ClN3O2/c20-16-8-4-5-14(13-16)11-12-21-17(24)9-10-18-22-19(23-25-18)15-6-2-1-3-7-15/h1-8,13H,9-12H2,(H,21,24). The summed E-state index contributed by atoms with van der Waals surface area (Å²) in [5.74, 6) is 0.960. The van der Waals surface area contributed by atoms with Crippen molar-refractivity contribution in [1.82, 2.24) is 15.5 Å². The molecule has 0 bridgehead atoms. The van der Waals surface area contributed by atoms with Crippen LogP contribution in [0.1, 0.15) is 17.9 Å². The van der Waals surface area contributed by atoms with Crippen LogP contribution in [0.15, 0.2) is 59.1 Å². The number of halogens is 1. The van der Waals surface area contributed by atoms with Crippen LogP contribution in [0.4, 0.5) is 0 Å². The summed E-state index contributed by atoms with van der Waals surface area (Å²) in [5.41, 5.74) is 1.99.